The first-order valence-corrected chi connectivity index (χ1v) is 5.74. The average molecular weight is 201 g/mol. The summed E-state index contributed by atoms with van der Waals surface area (Å²) in [5.74, 6) is 1.76. The third kappa shape index (κ3) is 1.68. The normalized spacial score (nSPS) is 18.8. The molecule has 13 heavy (non-hydrogen) atoms. The predicted molar refractivity (Wildman–Crippen MR) is 48.7 cm³/mol. The Labute approximate surface area is 77.6 Å². The summed E-state index contributed by atoms with van der Waals surface area (Å²) in [6.07, 6.45) is 6.82. The quantitative estimate of drug-likeness (QED) is 0.615. The van der Waals surface area contributed by atoms with Crippen molar-refractivity contribution in [3.8, 4) is 12.3 Å². The fraction of sp³-hybridized carbons (Fsp3) is 0.625. The van der Waals surface area contributed by atoms with Crippen LogP contribution in [0.5, 0.6) is 0 Å². The fourth-order valence-corrected chi connectivity index (χ4v) is 2.42. The van der Waals surface area contributed by atoms with E-state index in [-0.39, 0.29) is 6.54 Å². The number of rotatable bonds is 3. The van der Waals surface area contributed by atoms with Crippen LogP contribution in [-0.2, 0) is 14.6 Å². The Hall–Kier alpha value is -1.02. The van der Waals surface area contributed by atoms with E-state index in [1.165, 1.54) is 0 Å². The molecule has 0 spiro atoms. The summed E-state index contributed by atoms with van der Waals surface area (Å²) in [5, 5.41) is 2.39. The molecule has 0 heterocycles. The Morgan fingerprint density at radius 2 is 2.15 bits per heavy atom. The number of carbonyl (C=O) groups excluding carboxylic acids is 1. The Morgan fingerprint density at radius 1 is 1.62 bits per heavy atom. The lowest BCUT2D eigenvalue weighted by atomic mass is 10.4. The molecule has 1 amide bonds. The molecule has 0 aromatic carbocycles. The predicted octanol–water partition coefficient (Wildman–Crippen LogP) is -0.687. The van der Waals surface area contributed by atoms with E-state index < -0.39 is 20.5 Å². The molecule has 1 aliphatic rings. The van der Waals surface area contributed by atoms with Crippen molar-refractivity contribution in [2.24, 2.45) is 0 Å². The zero-order valence-corrected chi connectivity index (χ0v) is 8.15. The number of carbonyl (C=O) groups is 1. The smallest absolute Gasteiger partial charge is 0.242 e. The van der Waals surface area contributed by atoms with E-state index in [4.69, 9.17) is 6.42 Å². The molecule has 0 aromatic heterocycles. The highest BCUT2D eigenvalue weighted by atomic mass is 32.2. The van der Waals surface area contributed by atoms with Gasteiger partial charge in [0.1, 0.15) is 0 Å². The zero-order chi connectivity index (χ0) is 10.1. The second kappa shape index (κ2) is 3.04. The maximum atomic E-state index is 11.3. The minimum absolute atomic E-state index is 0.0795. The van der Waals surface area contributed by atoms with E-state index in [1.54, 1.807) is 0 Å². The molecule has 0 aromatic rings. The minimum atomic E-state index is -3.30. The molecule has 1 fully saturated rings. The number of hydrogen-bond acceptors (Lipinski definition) is 3. The van der Waals surface area contributed by atoms with Gasteiger partial charge in [-0.25, -0.2) is 8.42 Å². The number of sulfone groups is 1. The molecule has 1 saturated carbocycles. The van der Waals surface area contributed by atoms with Crippen LogP contribution in [0.2, 0.25) is 0 Å². The van der Waals surface area contributed by atoms with Gasteiger partial charge in [0.15, 0.2) is 14.6 Å². The van der Waals surface area contributed by atoms with Crippen molar-refractivity contribution in [3.05, 3.63) is 0 Å². The van der Waals surface area contributed by atoms with Crippen molar-refractivity contribution in [2.45, 2.75) is 17.6 Å². The molecule has 72 valence electrons. The van der Waals surface area contributed by atoms with Crippen molar-refractivity contribution in [2.75, 3.05) is 12.8 Å². The van der Waals surface area contributed by atoms with Crippen LogP contribution in [0.3, 0.4) is 0 Å². The van der Waals surface area contributed by atoms with Gasteiger partial charge in [0.05, 0.1) is 6.54 Å². The van der Waals surface area contributed by atoms with Crippen LogP contribution in [0, 0.1) is 12.3 Å². The van der Waals surface area contributed by atoms with Gasteiger partial charge in [0, 0.05) is 6.26 Å². The summed E-state index contributed by atoms with van der Waals surface area (Å²) in [7, 11) is -3.30. The largest absolute Gasteiger partial charge is 0.344 e. The van der Waals surface area contributed by atoms with Crippen molar-refractivity contribution in [1.29, 1.82) is 0 Å². The molecule has 4 nitrogen and oxygen atoms in total. The molecule has 0 bridgehead atoms. The van der Waals surface area contributed by atoms with Gasteiger partial charge in [-0.15, -0.1) is 6.42 Å². The number of nitrogens with one attached hydrogen (secondary N) is 1. The minimum Gasteiger partial charge on any atom is -0.344 e. The lowest BCUT2D eigenvalue weighted by molar-refractivity contribution is -0.121. The average Bonchev–Trinajstić information content (AvgIpc) is 2.78. The molecular weight excluding hydrogens is 190 g/mol. The summed E-state index contributed by atoms with van der Waals surface area (Å²) in [4.78, 5) is 11.3. The molecule has 0 saturated heterocycles. The standard InChI is InChI=1S/C8H11NO3S/c1-3-6-9-7(10)8(4-5-8)13(2,11)12/h1H,4-6H2,2H3,(H,9,10). The van der Waals surface area contributed by atoms with Crippen LogP contribution < -0.4 is 5.32 Å². The molecule has 0 aliphatic heterocycles. The SMILES string of the molecule is C#CCNC(=O)C1(S(C)(=O)=O)CC1. The number of hydrogen-bond donors (Lipinski definition) is 1. The fourth-order valence-electron chi connectivity index (χ4n) is 1.17. The first-order chi connectivity index (χ1) is 5.94. The van der Waals surface area contributed by atoms with Gasteiger partial charge < -0.3 is 5.32 Å². The Kier molecular flexibility index (Phi) is 2.35. The van der Waals surface area contributed by atoms with Crippen LogP contribution in [0.1, 0.15) is 12.8 Å². The maximum Gasteiger partial charge on any atom is 0.242 e. The lowest BCUT2D eigenvalue weighted by Crippen LogP contribution is -2.41. The second-order valence-electron chi connectivity index (χ2n) is 3.15. The van der Waals surface area contributed by atoms with Crippen LogP contribution >= 0.6 is 0 Å². The van der Waals surface area contributed by atoms with Crippen molar-refractivity contribution < 1.29 is 13.2 Å². The van der Waals surface area contributed by atoms with Crippen molar-refractivity contribution in [3.63, 3.8) is 0 Å². The van der Waals surface area contributed by atoms with E-state index >= 15 is 0 Å². The first-order valence-electron chi connectivity index (χ1n) is 3.85. The molecule has 0 atom stereocenters. The third-order valence-electron chi connectivity index (χ3n) is 2.18. The Bertz CT molecular complexity index is 359. The van der Waals surface area contributed by atoms with Gasteiger partial charge in [-0.1, -0.05) is 5.92 Å². The van der Waals surface area contributed by atoms with Gasteiger partial charge in [0.25, 0.3) is 0 Å². The molecule has 0 unspecified atom stereocenters. The third-order valence-corrected chi connectivity index (χ3v) is 4.19. The van der Waals surface area contributed by atoms with E-state index in [2.05, 4.69) is 11.2 Å². The monoisotopic (exact) mass is 201 g/mol. The number of amides is 1. The highest BCUT2D eigenvalue weighted by molar-refractivity contribution is 7.93. The summed E-state index contributed by atoms with van der Waals surface area (Å²) in [6.45, 7) is 0.0795. The molecule has 1 N–H and O–H groups in total. The molecule has 1 rings (SSSR count). The maximum absolute atomic E-state index is 11.3. The summed E-state index contributed by atoms with van der Waals surface area (Å²) in [5.41, 5.74) is 0. The molecule has 5 heteroatoms. The summed E-state index contributed by atoms with van der Waals surface area (Å²) in [6, 6.07) is 0. The summed E-state index contributed by atoms with van der Waals surface area (Å²) >= 11 is 0. The Morgan fingerprint density at radius 3 is 2.46 bits per heavy atom. The van der Waals surface area contributed by atoms with Crippen LogP contribution in [0.25, 0.3) is 0 Å². The van der Waals surface area contributed by atoms with Gasteiger partial charge in [-0.2, -0.15) is 0 Å². The lowest BCUT2D eigenvalue weighted by Gasteiger charge is -2.11. The van der Waals surface area contributed by atoms with Crippen LogP contribution in [-0.4, -0.2) is 31.9 Å². The highest BCUT2D eigenvalue weighted by Gasteiger charge is 2.58. The van der Waals surface area contributed by atoms with Gasteiger partial charge in [-0.05, 0) is 12.8 Å². The van der Waals surface area contributed by atoms with Crippen molar-refractivity contribution >= 4 is 15.7 Å². The second-order valence-corrected chi connectivity index (χ2v) is 5.48. The topological polar surface area (TPSA) is 63.2 Å². The van der Waals surface area contributed by atoms with E-state index in [9.17, 15) is 13.2 Å². The van der Waals surface area contributed by atoms with E-state index in [0.29, 0.717) is 12.8 Å². The van der Waals surface area contributed by atoms with E-state index in [0.717, 1.165) is 6.26 Å². The highest BCUT2D eigenvalue weighted by Crippen LogP contribution is 2.43. The Balaban J connectivity index is 2.74. The van der Waals surface area contributed by atoms with Crippen LogP contribution in [0.15, 0.2) is 0 Å². The van der Waals surface area contributed by atoms with Crippen LogP contribution in [0.4, 0.5) is 0 Å². The van der Waals surface area contributed by atoms with Gasteiger partial charge in [-0.3, -0.25) is 4.79 Å². The summed E-state index contributed by atoms with van der Waals surface area (Å²) < 4.78 is 21.2. The van der Waals surface area contributed by atoms with Gasteiger partial charge >= 0.3 is 0 Å². The molecule has 0 radical (unpaired) electrons. The molecular formula is C8H11NO3S. The first kappa shape index (κ1) is 10.1. The molecule has 1 aliphatic carbocycles. The van der Waals surface area contributed by atoms with Gasteiger partial charge in [0.2, 0.25) is 5.91 Å². The zero-order valence-electron chi connectivity index (χ0n) is 7.33. The van der Waals surface area contributed by atoms with Crippen molar-refractivity contribution in [1.82, 2.24) is 5.32 Å². The van der Waals surface area contributed by atoms with E-state index in [1.807, 2.05) is 0 Å². The number of terminal acetylenes is 1.